The summed E-state index contributed by atoms with van der Waals surface area (Å²) in [7, 11) is 1.31. The highest BCUT2D eigenvalue weighted by molar-refractivity contribution is 6.08. The number of hydrogen-bond acceptors (Lipinski definition) is 5. The van der Waals surface area contributed by atoms with Crippen molar-refractivity contribution < 1.29 is 19.4 Å². The molecule has 0 bridgehead atoms. The molecule has 2 N–H and O–H groups in total. The van der Waals surface area contributed by atoms with Gasteiger partial charge < -0.3 is 15.2 Å². The van der Waals surface area contributed by atoms with Gasteiger partial charge in [-0.3, -0.25) is 14.6 Å². The number of hydrogen-bond donors (Lipinski definition) is 2. The number of nitrogens with zero attached hydrogens (tertiary/aromatic N) is 1. The average Bonchev–Trinajstić information content (AvgIpc) is 3.00. The molecule has 0 spiro atoms. The zero-order valence-electron chi connectivity index (χ0n) is 16.1. The summed E-state index contributed by atoms with van der Waals surface area (Å²) < 4.78 is 4.74. The topological polar surface area (TPSA) is 88.0 Å². The van der Waals surface area contributed by atoms with Gasteiger partial charge in [0.25, 0.3) is 0 Å². The normalized spacial score (nSPS) is 17.9. The SMILES string of the molecule is C=CCNC(=O)CC1(O)C(C(C=C)(C=C)CCC(=O)OC)=Nc2ccccc21. The molecule has 148 valence electrons. The molecule has 1 atom stereocenters. The Hall–Kier alpha value is -2.99. The third kappa shape index (κ3) is 3.97. The molecule has 0 saturated heterocycles. The summed E-state index contributed by atoms with van der Waals surface area (Å²) in [5.74, 6) is -0.738. The molecule has 1 aromatic rings. The van der Waals surface area contributed by atoms with Gasteiger partial charge in [0.15, 0.2) is 0 Å². The second-order valence-electron chi connectivity index (χ2n) is 6.63. The number of aliphatic imine (C=N–C) groups is 1. The van der Waals surface area contributed by atoms with Crippen molar-refractivity contribution in [3.05, 3.63) is 67.8 Å². The van der Waals surface area contributed by atoms with E-state index in [0.717, 1.165) is 0 Å². The highest BCUT2D eigenvalue weighted by Crippen LogP contribution is 2.48. The van der Waals surface area contributed by atoms with Crippen LogP contribution in [-0.4, -0.2) is 36.3 Å². The molecule has 6 nitrogen and oxygen atoms in total. The molecule has 2 rings (SSSR count). The zero-order valence-corrected chi connectivity index (χ0v) is 16.1. The van der Waals surface area contributed by atoms with Crippen LogP contribution in [0.15, 0.2) is 67.2 Å². The van der Waals surface area contributed by atoms with Crippen molar-refractivity contribution in [2.24, 2.45) is 10.4 Å². The van der Waals surface area contributed by atoms with Gasteiger partial charge in [0.05, 0.1) is 24.9 Å². The van der Waals surface area contributed by atoms with Gasteiger partial charge in [-0.25, -0.2) is 0 Å². The Kier molecular flexibility index (Phi) is 6.70. The predicted octanol–water partition coefficient (Wildman–Crippen LogP) is 2.96. The first kappa shape index (κ1) is 21.3. The fourth-order valence-corrected chi connectivity index (χ4v) is 3.42. The summed E-state index contributed by atoms with van der Waals surface area (Å²) in [6, 6.07) is 7.10. The Labute approximate surface area is 165 Å². The number of carbonyl (C=O) groups excluding carboxylic acids is 2. The molecule has 1 aromatic carbocycles. The minimum absolute atomic E-state index is 0.0860. The lowest BCUT2D eigenvalue weighted by Gasteiger charge is -2.36. The largest absolute Gasteiger partial charge is 0.469 e. The third-order valence-corrected chi connectivity index (χ3v) is 4.97. The Balaban J connectivity index is 2.50. The summed E-state index contributed by atoms with van der Waals surface area (Å²) in [5.41, 5.74) is -1.21. The molecule has 6 heteroatoms. The van der Waals surface area contributed by atoms with Crippen molar-refractivity contribution >= 4 is 23.3 Å². The van der Waals surface area contributed by atoms with Crippen molar-refractivity contribution in [3.8, 4) is 0 Å². The third-order valence-electron chi connectivity index (χ3n) is 4.97. The van der Waals surface area contributed by atoms with E-state index >= 15 is 0 Å². The lowest BCUT2D eigenvalue weighted by molar-refractivity contribution is -0.141. The number of esters is 1. The van der Waals surface area contributed by atoms with Gasteiger partial charge in [-0.15, -0.1) is 19.7 Å². The number of rotatable bonds is 10. The fraction of sp³-hybridized carbons (Fsp3) is 0.318. The first-order chi connectivity index (χ1) is 13.4. The molecule has 1 amide bonds. The summed E-state index contributed by atoms with van der Waals surface area (Å²) in [4.78, 5) is 28.8. The summed E-state index contributed by atoms with van der Waals surface area (Å²) >= 11 is 0. The number of amides is 1. The number of carbonyl (C=O) groups is 2. The number of aliphatic hydroxyl groups is 1. The first-order valence-electron chi connectivity index (χ1n) is 9.00. The summed E-state index contributed by atoms with van der Waals surface area (Å²) in [5, 5.41) is 14.3. The van der Waals surface area contributed by atoms with Crippen LogP contribution in [-0.2, 0) is 19.9 Å². The number of methoxy groups -OCH3 is 1. The first-order valence-corrected chi connectivity index (χ1v) is 9.00. The lowest BCUT2D eigenvalue weighted by atomic mass is 9.70. The van der Waals surface area contributed by atoms with E-state index in [-0.39, 0.29) is 25.2 Å². The lowest BCUT2D eigenvalue weighted by Crippen LogP contribution is -2.46. The Bertz CT molecular complexity index is 820. The zero-order chi connectivity index (χ0) is 20.8. The Morgan fingerprint density at radius 1 is 1.29 bits per heavy atom. The summed E-state index contributed by atoms with van der Waals surface area (Å²) in [6.45, 7) is 11.6. The maximum atomic E-state index is 12.4. The highest BCUT2D eigenvalue weighted by atomic mass is 16.5. The molecular weight excluding hydrogens is 356 g/mol. The van der Waals surface area contributed by atoms with Gasteiger partial charge in [0.2, 0.25) is 5.91 Å². The molecule has 0 saturated carbocycles. The van der Waals surface area contributed by atoms with Crippen LogP contribution in [0.25, 0.3) is 0 Å². The molecule has 1 aliphatic rings. The van der Waals surface area contributed by atoms with E-state index in [9.17, 15) is 14.7 Å². The standard InChI is InChI=1S/C22H26N2O4/c1-5-14-23-18(25)15-22(27)16-10-8-9-11-17(16)24-20(22)21(6-2,7-3)13-12-19(26)28-4/h5-11,27H,1-3,12-15H2,4H3,(H,23,25). The van der Waals surface area contributed by atoms with Crippen molar-refractivity contribution in [1.82, 2.24) is 5.32 Å². The monoisotopic (exact) mass is 382 g/mol. The molecule has 0 aromatic heterocycles. The second kappa shape index (κ2) is 8.80. The second-order valence-corrected chi connectivity index (χ2v) is 6.63. The maximum absolute atomic E-state index is 12.4. The van der Waals surface area contributed by atoms with Crippen molar-refractivity contribution in [1.29, 1.82) is 0 Å². The van der Waals surface area contributed by atoms with E-state index in [2.05, 4.69) is 30.0 Å². The maximum Gasteiger partial charge on any atom is 0.305 e. The number of allylic oxidation sites excluding steroid dienone is 2. The summed E-state index contributed by atoms with van der Waals surface area (Å²) in [6.07, 6.45) is 4.88. The number of benzene rings is 1. The van der Waals surface area contributed by atoms with E-state index in [4.69, 9.17) is 4.74 Å². The van der Waals surface area contributed by atoms with Gasteiger partial charge in [-0.05, 0) is 12.5 Å². The van der Waals surface area contributed by atoms with E-state index in [1.54, 1.807) is 42.5 Å². The minimum Gasteiger partial charge on any atom is -0.469 e. The molecule has 0 fully saturated rings. The van der Waals surface area contributed by atoms with E-state index in [1.807, 2.05) is 0 Å². The molecule has 1 aliphatic heterocycles. The number of para-hydroxylation sites is 1. The van der Waals surface area contributed by atoms with E-state index < -0.39 is 17.0 Å². The fourth-order valence-electron chi connectivity index (χ4n) is 3.42. The Morgan fingerprint density at radius 3 is 2.57 bits per heavy atom. The number of nitrogens with one attached hydrogen (secondary N) is 1. The molecule has 0 aliphatic carbocycles. The smallest absolute Gasteiger partial charge is 0.305 e. The van der Waals surface area contributed by atoms with Crippen molar-refractivity contribution in [2.45, 2.75) is 24.9 Å². The Morgan fingerprint density at radius 2 is 1.96 bits per heavy atom. The van der Waals surface area contributed by atoms with Crippen molar-refractivity contribution in [3.63, 3.8) is 0 Å². The average molecular weight is 382 g/mol. The predicted molar refractivity (Wildman–Crippen MR) is 109 cm³/mol. The number of ether oxygens (including phenoxy) is 1. The van der Waals surface area contributed by atoms with E-state index in [1.165, 1.54) is 7.11 Å². The van der Waals surface area contributed by atoms with Crippen LogP contribution in [0.2, 0.25) is 0 Å². The van der Waals surface area contributed by atoms with E-state index in [0.29, 0.717) is 23.5 Å². The molecule has 1 heterocycles. The molecular formula is C22H26N2O4. The van der Waals surface area contributed by atoms with Gasteiger partial charge in [-0.1, -0.05) is 36.4 Å². The van der Waals surface area contributed by atoms with Crippen molar-refractivity contribution in [2.75, 3.05) is 13.7 Å². The minimum atomic E-state index is -1.65. The van der Waals surface area contributed by atoms with Crippen LogP contribution < -0.4 is 5.32 Å². The van der Waals surface area contributed by atoms with Gasteiger partial charge in [0, 0.05) is 23.9 Å². The molecule has 0 radical (unpaired) electrons. The van der Waals surface area contributed by atoms with Gasteiger partial charge in [-0.2, -0.15) is 0 Å². The van der Waals surface area contributed by atoms with Gasteiger partial charge >= 0.3 is 5.97 Å². The number of fused-ring (bicyclic) bond motifs is 1. The van der Waals surface area contributed by atoms with Crippen LogP contribution in [0.5, 0.6) is 0 Å². The van der Waals surface area contributed by atoms with Gasteiger partial charge in [0.1, 0.15) is 5.60 Å². The van der Waals surface area contributed by atoms with Crippen LogP contribution in [0, 0.1) is 5.41 Å². The van der Waals surface area contributed by atoms with Crippen LogP contribution >= 0.6 is 0 Å². The highest BCUT2D eigenvalue weighted by Gasteiger charge is 2.50. The molecule has 1 unspecified atom stereocenters. The molecule has 28 heavy (non-hydrogen) atoms. The van der Waals surface area contributed by atoms with Crippen LogP contribution in [0.1, 0.15) is 24.8 Å². The quantitative estimate of drug-likeness (QED) is 0.481. The van der Waals surface area contributed by atoms with Crippen LogP contribution in [0.4, 0.5) is 5.69 Å². The van der Waals surface area contributed by atoms with Crippen LogP contribution in [0.3, 0.4) is 0 Å².